The van der Waals surface area contributed by atoms with E-state index in [0.29, 0.717) is 18.5 Å². The molecule has 2 amide bonds. The number of nitrogens with zero attached hydrogens (tertiary/aromatic N) is 3. The summed E-state index contributed by atoms with van der Waals surface area (Å²) in [6.45, 7) is -0.643. The largest absolute Gasteiger partial charge is 0.458 e. The van der Waals surface area contributed by atoms with E-state index in [1.165, 1.54) is 10.5 Å². The fraction of sp³-hybridized carbons (Fsp3) is 0.316. The van der Waals surface area contributed by atoms with Crippen LogP contribution in [0.3, 0.4) is 0 Å². The molecule has 3 heterocycles. The first-order chi connectivity index (χ1) is 13.4. The Labute approximate surface area is 167 Å². The van der Waals surface area contributed by atoms with Crippen molar-refractivity contribution in [2.45, 2.75) is 19.4 Å². The van der Waals surface area contributed by atoms with E-state index in [-0.39, 0.29) is 41.5 Å². The topological polar surface area (TPSA) is 98.0 Å². The van der Waals surface area contributed by atoms with Gasteiger partial charge in [0, 0.05) is 16.7 Å². The Kier molecular flexibility index (Phi) is 4.84. The SMILES string of the molecule is O=C(CN1C(=O)[C@H]2CC=CC[C@H]2C1=O)OCc1cc(=O)n2cc(Br)ccc2n1. The van der Waals surface area contributed by atoms with Crippen molar-refractivity contribution in [3.05, 3.63) is 57.1 Å². The van der Waals surface area contributed by atoms with Gasteiger partial charge in [-0.25, -0.2) is 4.98 Å². The molecule has 0 N–H and O–H groups in total. The van der Waals surface area contributed by atoms with Gasteiger partial charge in [0.05, 0.1) is 17.5 Å². The van der Waals surface area contributed by atoms with Gasteiger partial charge < -0.3 is 4.74 Å². The summed E-state index contributed by atoms with van der Waals surface area (Å²) in [5.41, 5.74) is 0.402. The number of hydrogen-bond acceptors (Lipinski definition) is 6. The van der Waals surface area contributed by atoms with Gasteiger partial charge in [-0.2, -0.15) is 0 Å². The monoisotopic (exact) mass is 445 g/mol. The van der Waals surface area contributed by atoms with Gasteiger partial charge in [0.1, 0.15) is 18.8 Å². The minimum atomic E-state index is -0.717. The van der Waals surface area contributed by atoms with Crippen molar-refractivity contribution in [2.24, 2.45) is 11.8 Å². The first kappa shape index (κ1) is 18.5. The molecule has 8 nitrogen and oxygen atoms in total. The summed E-state index contributed by atoms with van der Waals surface area (Å²) in [6, 6.07) is 4.68. The summed E-state index contributed by atoms with van der Waals surface area (Å²) in [5, 5.41) is 0. The van der Waals surface area contributed by atoms with Gasteiger partial charge in [-0.3, -0.25) is 28.5 Å². The first-order valence-corrected chi connectivity index (χ1v) is 9.57. The molecule has 1 aliphatic carbocycles. The molecule has 2 atom stereocenters. The smallest absolute Gasteiger partial charge is 0.326 e. The molecule has 1 fully saturated rings. The highest BCUT2D eigenvalue weighted by Crippen LogP contribution is 2.34. The van der Waals surface area contributed by atoms with Crippen LogP contribution in [0.2, 0.25) is 0 Å². The highest BCUT2D eigenvalue weighted by atomic mass is 79.9. The molecule has 0 aromatic carbocycles. The summed E-state index contributed by atoms with van der Waals surface area (Å²) in [5.74, 6) is -2.14. The average molecular weight is 446 g/mol. The van der Waals surface area contributed by atoms with Gasteiger partial charge in [0.15, 0.2) is 0 Å². The van der Waals surface area contributed by atoms with Crippen molar-refractivity contribution in [1.29, 1.82) is 0 Å². The number of imide groups is 1. The first-order valence-electron chi connectivity index (χ1n) is 8.78. The van der Waals surface area contributed by atoms with E-state index in [2.05, 4.69) is 20.9 Å². The number of esters is 1. The van der Waals surface area contributed by atoms with E-state index < -0.39 is 12.5 Å². The predicted octanol–water partition coefficient (Wildman–Crippen LogP) is 1.45. The molecule has 2 aromatic heterocycles. The predicted molar refractivity (Wildman–Crippen MR) is 101 cm³/mol. The number of fused-ring (bicyclic) bond motifs is 2. The van der Waals surface area contributed by atoms with Gasteiger partial charge in [0.25, 0.3) is 5.56 Å². The number of amides is 2. The van der Waals surface area contributed by atoms with Crippen LogP contribution < -0.4 is 5.56 Å². The van der Waals surface area contributed by atoms with Crippen LogP contribution in [0.15, 0.2) is 45.8 Å². The minimum Gasteiger partial charge on any atom is -0.458 e. The van der Waals surface area contributed by atoms with Crippen LogP contribution in [0, 0.1) is 11.8 Å². The number of hydrogen-bond donors (Lipinski definition) is 0. The van der Waals surface area contributed by atoms with Crippen molar-refractivity contribution in [1.82, 2.24) is 14.3 Å². The van der Waals surface area contributed by atoms with E-state index >= 15 is 0 Å². The lowest BCUT2D eigenvalue weighted by Crippen LogP contribution is -2.36. The van der Waals surface area contributed by atoms with Crippen molar-refractivity contribution in [3.63, 3.8) is 0 Å². The Morgan fingerprint density at radius 1 is 1.14 bits per heavy atom. The van der Waals surface area contributed by atoms with Gasteiger partial charge in [-0.15, -0.1) is 0 Å². The third kappa shape index (κ3) is 3.37. The minimum absolute atomic E-state index is 0.217. The number of allylic oxidation sites excluding steroid dienone is 2. The van der Waals surface area contributed by atoms with Gasteiger partial charge in [-0.1, -0.05) is 12.2 Å². The van der Waals surface area contributed by atoms with E-state index in [0.717, 1.165) is 9.37 Å². The number of rotatable bonds is 4. The molecule has 144 valence electrons. The van der Waals surface area contributed by atoms with E-state index in [1.807, 2.05) is 12.2 Å². The molecule has 1 saturated heterocycles. The maximum Gasteiger partial charge on any atom is 0.326 e. The lowest BCUT2D eigenvalue weighted by Gasteiger charge is -2.14. The molecular weight excluding hydrogens is 430 g/mol. The Morgan fingerprint density at radius 2 is 1.82 bits per heavy atom. The summed E-state index contributed by atoms with van der Waals surface area (Å²) in [6.07, 6.45) is 6.40. The highest BCUT2D eigenvalue weighted by molar-refractivity contribution is 9.10. The fourth-order valence-electron chi connectivity index (χ4n) is 3.55. The third-order valence-corrected chi connectivity index (χ3v) is 5.41. The maximum atomic E-state index is 12.4. The van der Waals surface area contributed by atoms with Crippen LogP contribution in [-0.2, 0) is 25.7 Å². The zero-order chi connectivity index (χ0) is 19.8. The van der Waals surface area contributed by atoms with Crippen molar-refractivity contribution in [3.8, 4) is 0 Å². The van der Waals surface area contributed by atoms with Crippen molar-refractivity contribution < 1.29 is 19.1 Å². The molecule has 28 heavy (non-hydrogen) atoms. The lowest BCUT2D eigenvalue weighted by molar-refractivity contribution is -0.153. The molecular formula is C19H16BrN3O5. The molecule has 0 unspecified atom stereocenters. The second-order valence-corrected chi connectivity index (χ2v) is 7.66. The summed E-state index contributed by atoms with van der Waals surface area (Å²) in [4.78, 5) is 54.3. The average Bonchev–Trinajstić information content (AvgIpc) is 2.92. The number of carbonyl (C=O) groups excluding carboxylic acids is 3. The fourth-order valence-corrected chi connectivity index (χ4v) is 3.89. The van der Waals surface area contributed by atoms with E-state index in [1.54, 1.807) is 18.3 Å². The van der Waals surface area contributed by atoms with Crippen molar-refractivity contribution >= 4 is 39.4 Å². The quantitative estimate of drug-likeness (QED) is 0.401. The zero-order valence-electron chi connectivity index (χ0n) is 14.7. The highest BCUT2D eigenvalue weighted by Gasteiger charge is 2.47. The van der Waals surface area contributed by atoms with Crippen LogP contribution in [-0.4, -0.2) is 38.6 Å². The molecule has 9 heteroatoms. The second-order valence-electron chi connectivity index (χ2n) is 6.74. The number of aromatic nitrogens is 2. The Bertz CT molecular complexity index is 1050. The van der Waals surface area contributed by atoms with Crippen LogP contribution in [0.25, 0.3) is 5.65 Å². The number of ether oxygens (including phenoxy) is 1. The summed E-state index contributed by atoms with van der Waals surface area (Å²) in [7, 11) is 0. The van der Waals surface area contributed by atoms with E-state index in [9.17, 15) is 19.2 Å². The molecule has 0 radical (unpaired) electrons. The number of carbonyl (C=O) groups is 3. The standard InChI is InChI=1S/C19H16BrN3O5/c20-11-5-6-15-21-12(7-16(24)22(15)8-11)10-28-17(25)9-23-18(26)13-3-1-2-4-14(13)19(23)27/h1-2,5-8,13-14H,3-4,9-10H2/t13-,14+. The van der Waals surface area contributed by atoms with E-state index in [4.69, 9.17) is 4.74 Å². The Balaban J connectivity index is 1.42. The molecule has 0 bridgehead atoms. The molecule has 0 saturated carbocycles. The van der Waals surface area contributed by atoms with Crippen LogP contribution in [0.1, 0.15) is 18.5 Å². The summed E-state index contributed by atoms with van der Waals surface area (Å²) >= 11 is 3.29. The zero-order valence-corrected chi connectivity index (χ0v) is 16.3. The Morgan fingerprint density at radius 3 is 2.50 bits per heavy atom. The maximum absolute atomic E-state index is 12.4. The van der Waals surface area contributed by atoms with Gasteiger partial charge in [0.2, 0.25) is 11.8 Å². The molecule has 2 aromatic rings. The number of halogens is 1. The molecule has 2 aliphatic rings. The normalized spacial score (nSPS) is 21.2. The lowest BCUT2D eigenvalue weighted by atomic mass is 9.85. The molecule has 1 aliphatic heterocycles. The Hall–Kier alpha value is -2.81. The third-order valence-electron chi connectivity index (χ3n) is 4.94. The number of pyridine rings is 1. The summed E-state index contributed by atoms with van der Waals surface area (Å²) < 4.78 is 7.25. The van der Waals surface area contributed by atoms with Crippen molar-refractivity contribution in [2.75, 3.05) is 6.54 Å². The molecule has 4 rings (SSSR count). The van der Waals surface area contributed by atoms with Gasteiger partial charge in [-0.05, 0) is 40.9 Å². The second kappa shape index (κ2) is 7.31. The van der Waals surface area contributed by atoms with Crippen LogP contribution >= 0.6 is 15.9 Å². The van der Waals surface area contributed by atoms with Crippen LogP contribution in [0.5, 0.6) is 0 Å². The number of likely N-dealkylation sites (tertiary alicyclic amines) is 1. The van der Waals surface area contributed by atoms with Gasteiger partial charge >= 0.3 is 5.97 Å². The molecule has 0 spiro atoms. The van der Waals surface area contributed by atoms with Crippen LogP contribution in [0.4, 0.5) is 0 Å².